The lowest BCUT2D eigenvalue weighted by Crippen LogP contribution is -2.54. The van der Waals surface area contributed by atoms with Crippen LogP contribution in [0.1, 0.15) is 123 Å². The molecule has 8 rings (SSSR count). The first-order valence-electron chi connectivity index (χ1n) is 25.9. The highest BCUT2D eigenvalue weighted by Gasteiger charge is 2.72. The number of hydrogen-bond acceptors (Lipinski definition) is 2. The van der Waals surface area contributed by atoms with Gasteiger partial charge in [-0.05, 0) is 136 Å². The number of fused-ring (bicyclic) bond motifs is 2. The Bertz CT molecular complexity index is 3090. The van der Waals surface area contributed by atoms with Crippen molar-refractivity contribution < 1.29 is 26.3 Å². The van der Waals surface area contributed by atoms with E-state index in [4.69, 9.17) is 0 Å². The summed E-state index contributed by atoms with van der Waals surface area (Å²) in [6.07, 6.45) is -4.47. The van der Waals surface area contributed by atoms with Crippen LogP contribution < -0.4 is 9.80 Å². The van der Waals surface area contributed by atoms with Crippen LogP contribution in [-0.4, -0.2) is 12.4 Å². The molecule has 8 aromatic rings. The molecule has 0 aliphatic rings. The summed E-state index contributed by atoms with van der Waals surface area (Å²) in [4.78, 5) is 3.82. The van der Waals surface area contributed by atoms with E-state index in [1.165, 1.54) is 29.8 Å². The molecule has 1 atom stereocenters. The van der Waals surface area contributed by atoms with Crippen LogP contribution in [0, 0.1) is 5.41 Å². The topological polar surface area (TPSA) is 6.48 Å². The van der Waals surface area contributed by atoms with E-state index in [2.05, 4.69) is 79.7 Å². The molecule has 1 unspecified atom stereocenters. The zero-order valence-electron chi connectivity index (χ0n) is 43.4. The zero-order valence-corrected chi connectivity index (χ0v) is 43.4. The molecule has 0 saturated heterocycles. The van der Waals surface area contributed by atoms with E-state index in [0.29, 0.717) is 17.1 Å². The maximum atomic E-state index is 16.0. The van der Waals surface area contributed by atoms with Gasteiger partial charge in [0.15, 0.2) is 0 Å². The van der Waals surface area contributed by atoms with Crippen molar-refractivity contribution in [3.05, 3.63) is 204 Å². The molecule has 0 saturated carbocycles. The van der Waals surface area contributed by atoms with Gasteiger partial charge < -0.3 is 9.80 Å². The van der Waals surface area contributed by atoms with Gasteiger partial charge in [-0.15, -0.1) is 0 Å². The van der Waals surface area contributed by atoms with Gasteiger partial charge >= 0.3 is 12.4 Å². The Balaban J connectivity index is 1.25. The van der Waals surface area contributed by atoms with E-state index >= 15 is 26.3 Å². The van der Waals surface area contributed by atoms with Crippen LogP contribution in [0.25, 0.3) is 21.5 Å². The van der Waals surface area contributed by atoms with Crippen LogP contribution in [0.2, 0.25) is 0 Å². The molecule has 0 N–H and O–H groups in total. The van der Waals surface area contributed by atoms with Gasteiger partial charge in [-0.1, -0.05) is 196 Å². The second kappa shape index (κ2) is 20.8. The minimum Gasteiger partial charge on any atom is -0.310 e. The molecule has 0 aromatic heterocycles. The Kier molecular flexibility index (Phi) is 15.0. The van der Waals surface area contributed by atoms with Crippen molar-refractivity contribution in [1.82, 2.24) is 0 Å². The quantitative estimate of drug-likeness (QED) is 0.0791. The molecular formula is C65H68F6N2. The number of nitrogens with zero attached hydrogens (tertiary/aromatic N) is 2. The van der Waals surface area contributed by atoms with Gasteiger partial charge in [-0.2, -0.15) is 26.3 Å². The Morgan fingerprint density at radius 2 is 0.726 bits per heavy atom. The Morgan fingerprint density at radius 1 is 0.370 bits per heavy atom. The number of halogens is 6. The third-order valence-electron chi connectivity index (χ3n) is 16.5. The number of benzene rings is 8. The third-order valence-corrected chi connectivity index (χ3v) is 16.5. The van der Waals surface area contributed by atoms with Crippen molar-refractivity contribution in [2.24, 2.45) is 5.41 Å². The summed E-state index contributed by atoms with van der Waals surface area (Å²) < 4.78 is 95.8. The highest BCUT2D eigenvalue weighted by atomic mass is 19.4. The number of hydrogen-bond donors (Lipinski definition) is 0. The minimum absolute atomic E-state index is 0.0203. The smallest absolute Gasteiger partial charge is 0.310 e. The molecule has 0 aliphatic carbocycles. The maximum absolute atomic E-state index is 16.0. The van der Waals surface area contributed by atoms with E-state index in [9.17, 15) is 0 Å². The van der Waals surface area contributed by atoms with E-state index in [1.54, 1.807) is 0 Å². The maximum Gasteiger partial charge on any atom is 0.411 e. The molecule has 2 nitrogen and oxygen atoms in total. The average Bonchev–Trinajstić information content (AvgIpc) is 3.38. The fraction of sp³-hybridized carbons (Fsp3) is 0.323. The summed E-state index contributed by atoms with van der Waals surface area (Å²) in [6.45, 7) is 17.9. The molecule has 8 heteroatoms. The van der Waals surface area contributed by atoms with E-state index in [0.717, 1.165) is 113 Å². The number of anilines is 6. The second-order valence-corrected chi connectivity index (χ2v) is 20.9. The summed E-state index contributed by atoms with van der Waals surface area (Å²) in [5.41, 5.74) is -0.398. The van der Waals surface area contributed by atoms with Gasteiger partial charge in [0, 0.05) is 33.5 Å². The molecule has 73 heavy (non-hydrogen) atoms. The van der Waals surface area contributed by atoms with Crippen molar-refractivity contribution in [1.29, 1.82) is 0 Å². The largest absolute Gasteiger partial charge is 0.411 e. The van der Waals surface area contributed by atoms with Gasteiger partial charge in [-0.25, -0.2) is 0 Å². The van der Waals surface area contributed by atoms with E-state index < -0.39 is 28.9 Å². The Labute approximate surface area is 428 Å². The second-order valence-electron chi connectivity index (χ2n) is 20.9. The molecule has 0 aliphatic heterocycles. The number of alkyl halides is 6. The summed E-state index contributed by atoms with van der Waals surface area (Å²) in [7, 11) is 0. The molecule has 0 amide bonds. The van der Waals surface area contributed by atoms with Gasteiger partial charge in [-0.3, -0.25) is 0 Å². The molecule has 0 spiro atoms. The highest BCUT2D eigenvalue weighted by Crippen LogP contribution is 2.57. The third kappa shape index (κ3) is 9.63. The first-order chi connectivity index (χ1) is 34.8. The van der Waals surface area contributed by atoms with Crippen LogP contribution in [0.15, 0.2) is 182 Å². The average molecular weight is 991 g/mol. The van der Waals surface area contributed by atoms with Crippen molar-refractivity contribution >= 4 is 55.7 Å². The standard InChI is InChI=1S/C65H68F6N2/c1-9-13-45-62(8,61(7,11-3)12-4)49-30-38-53(39-31-49)73(59-27-19-23-47-21-15-17-25-57(47)59)55-42-34-51(35-43-55)63(64(66,67)68,65(69,70)71)50-32-40-54(41-33-50)72(58-26-18-22-46-20-14-16-24-56(46)58)52-36-28-48(29-37-52)60(5,6)44-10-2/h14-43H,9-13,44-45H2,1-8H3. The Morgan fingerprint density at radius 3 is 1.08 bits per heavy atom. The van der Waals surface area contributed by atoms with E-state index in [1.807, 2.05) is 119 Å². The lowest BCUT2D eigenvalue weighted by Gasteiger charge is -2.47. The predicted molar refractivity (Wildman–Crippen MR) is 294 cm³/mol. The fourth-order valence-corrected chi connectivity index (χ4v) is 11.5. The van der Waals surface area contributed by atoms with Gasteiger partial charge in [0.05, 0.1) is 11.4 Å². The molecule has 0 heterocycles. The normalized spacial score (nSPS) is 13.6. The van der Waals surface area contributed by atoms with Crippen molar-refractivity contribution in [2.75, 3.05) is 9.80 Å². The van der Waals surface area contributed by atoms with Crippen molar-refractivity contribution in [2.45, 2.75) is 129 Å². The number of rotatable bonds is 18. The first kappa shape index (κ1) is 52.8. The lowest BCUT2D eigenvalue weighted by molar-refractivity contribution is -0.288. The SMILES string of the molecule is CCCCC(C)(c1ccc(N(c2ccc(C(c3ccc(N(c4ccc(C(C)(C)CCC)cc4)c4cccc5ccccc45)cc3)(C(F)(F)F)C(F)(F)F)cc2)c2cccc3ccccc23)cc1)C(C)(CC)CC. The van der Waals surface area contributed by atoms with Gasteiger partial charge in [0.25, 0.3) is 0 Å². The predicted octanol–water partition coefficient (Wildman–Crippen LogP) is 20.7. The highest BCUT2D eigenvalue weighted by molar-refractivity contribution is 6.00. The molecule has 8 aromatic carbocycles. The van der Waals surface area contributed by atoms with Crippen LogP contribution in [0.5, 0.6) is 0 Å². The van der Waals surface area contributed by atoms with Crippen LogP contribution in [-0.2, 0) is 16.2 Å². The van der Waals surface area contributed by atoms with Gasteiger partial charge in [0.2, 0.25) is 5.41 Å². The Hall–Kier alpha value is -6.54. The molecule has 0 bridgehead atoms. The summed E-state index contributed by atoms with van der Waals surface area (Å²) in [5, 5.41) is 3.63. The first-order valence-corrected chi connectivity index (χ1v) is 25.9. The van der Waals surface area contributed by atoms with Gasteiger partial charge in [0.1, 0.15) is 0 Å². The van der Waals surface area contributed by atoms with Crippen molar-refractivity contribution in [3.8, 4) is 0 Å². The van der Waals surface area contributed by atoms with Crippen LogP contribution >= 0.6 is 0 Å². The van der Waals surface area contributed by atoms with E-state index in [-0.39, 0.29) is 16.2 Å². The molecular weight excluding hydrogens is 923 g/mol. The van der Waals surface area contributed by atoms with Crippen LogP contribution in [0.4, 0.5) is 60.5 Å². The van der Waals surface area contributed by atoms with Crippen molar-refractivity contribution in [3.63, 3.8) is 0 Å². The fourth-order valence-electron chi connectivity index (χ4n) is 11.5. The number of unbranched alkanes of at least 4 members (excludes halogenated alkanes) is 1. The summed E-state index contributed by atoms with van der Waals surface area (Å²) in [6, 6.07) is 53.1. The summed E-state index contributed by atoms with van der Waals surface area (Å²) in [5.74, 6) is 0. The molecule has 380 valence electrons. The zero-order chi connectivity index (χ0) is 52.4. The molecule has 0 radical (unpaired) electrons. The minimum atomic E-state index is -5.79. The molecule has 0 fully saturated rings. The lowest BCUT2D eigenvalue weighted by atomic mass is 9.57. The summed E-state index contributed by atoms with van der Waals surface area (Å²) >= 11 is 0. The van der Waals surface area contributed by atoms with Crippen LogP contribution in [0.3, 0.4) is 0 Å². The monoisotopic (exact) mass is 991 g/mol.